The van der Waals surface area contributed by atoms with Gasteiger partial charge in [-0.2, -0.15) is 10.2 Å². The first-order valence-corrected chi connectivity index (χ1v) is 5.87. The summed E-state index contributed by atoms with van der Waals surface area (Å²) in [6.07, 6.45) is 7.77. The molecule has 0 aromatic carbocycles. The van der Waals surface area contributed by atoms with Gasteiger partial charge in [-0.3, -0.25) is 9.36 Å². The molecule has 1 N–H and O–H groups in total. The van der Waals surface area contributed by atoms with Crippen molar-refractivity contribution < 1.29 is 0 Å². The van der Waals surface area contributed by atoms with Crippen molar-refractivity contribution in [2.24, 2.45) is 13.0 Å². The molecule has 0 aliphatic rings. The lowest BCUT2D eigenvalue weighted by Gasteiger charge is -2.03. The van der Waals surface area contributed by atoms with E-state index in [1.807, 2.05) is 36.5 Å². The van der Waals surface area contributed by atoms with Gasteiger partial charge in [0.05, 0.1) is 18.1 Å². The van der Waals surface area contributed by atoms with Gasteiger partial charge in [-0.05, 0) is 5.92 Å². The number of nitrogens with one attached hydrogen (secondary N) is 1. The Kier molecular flexibility index (Phi) is 3.46. The van der Waals surface area contributed by atoms with Crippen LogP contribution in [0.15, 0.2) is 24.8 Å². The number of aryl methyl sites for hydroxylation is 1. The van der Waals surface area contributed by atoms with Gasteiger partial charge in [-0.15, -0.1) is 0 Å². The maximum Gasteiger partial charge on any atom is 0.0729 e. The van der Waals surface area contributed by atoms with Crippen molar-refractivity contribution in [2.75, 3.05) is 5.32 Å². The van der Waals surface area contributed by atoms with Crippen molar-refractivity contribution in [3.05, 3.63) is 30.4 Å². The van der Waals surface area contributed by atoms with E-state index in [2.05, 4.69) is 29.4 Å². The summed E-state index contributed by atoms with van der Waals surface area (Å²) >= 11 is 0. The first-order valence-electron chi connectivity index (χ1n) is 5.87. The summed E-state index contributed by atoms with van der Waals surface area (Å²) in [7, 11) is 1.92. The Hall–Kier alpha value is -1.78. The summed E-state index contributed by atoms with van der Waals surface area (Å²) in [5.74, 6) is 0.612. The minimum absolute atomic E-state index is 0.612. The van der Waals surface area contributed by atoms with Gasteiger partial charge in [0.2, 0.25) is 0 Å². The van der Waals surface area contributed by atoms with Crippen LogP contribution < -0.4 is 5.32 Å². The maximum absolute atomic E-state index is 4.31. The molecule has 2 aromatic rings. The van der Waals surface area contributed by atoms with Crippen LogP contribution in [0, 0.1) is 5.92 Å². The highest BCUT2D eigenvalue weighted by Crippen LogP contribution is 2.09. The smallest absolute Gasteiger partial charge is 0.0729 e. The molecule has 5 nitrogen and oxygen atoms in total. The van der Waals surface area contributed by atoms with Crippen molar-refractivity contribution >= 4 is 5.69 Å². The molecule has 0 radical (unpaired) electrons. The quantitative estimate of drug-likeness (QED) is 0.857. The SMILES string of the molecule is CC(C)Cn1cc(NCc2cnn(C)c2)cn1. The van der Waals surface area contributed by atoms with Crippen molar-refractivity contribution in [1.29, 1.82) is 0 Å². The third-order valence-electron chi connectivity index (χ3n) is 2.44. The Morgan fingerprint density at radius 3 is 2.71 bits per heavy atom. The second kappa shape index (κ2) is 5.03. The third kappa shape index (κ3) is 3.34. The van der Waals surface area contributed by atoms with E-state index in [4.69, 9.17) is 0 Å². The number of hydrogen-bond donors (Lipinski definition) is 1. The first-order chi connectivity index (χ1) is 8.13. The van der Waals surface area contributed by atoms with Crippen molar-refractivity contribution in [3.63, 3.8) is 0 Å². The molecule has 2 rings (SSSR count). The fourth-order valence-corrected chi connectivity index (χ4v) is 1.70. The van der Waals surface area contributed by atoms with Crippen molar-refractivity contribution in [2.45, 2.75) is 26.9 Å². The molecule has 0 saturated heterocycles. The standard InChI is InChI=1S/C12H19N5/c1-10(2)7-17-9-12(6-15-17)13-4-11-5-14-16(3)8-11/h5-6,8-10,13H,4,7H2,1-3H3. The van der Waals surface area contributed by atoms with Crippen LogP contribution >= 0.6 is 0 Å². The molecular formula is C12H19N5. The Morgan fingerprint density at radius 2 is 2.06 bits per heavy atom. The predicted octanol–water partition coefficient (Wildman–Crippen LogP) is 1.88. The number of nitrogens with zero attached hydrogens (tertiary/aromatic N) is 4. The number of aromatic nitrogens is 4. The van der Waals surface area contributed by atoms with Gasteiger partial charge in [0, 0.05) is 38.1 Å². The number of anilines is 1. The summed E-state index contributed by atoms with van der Waals surface area (Å²) in [6.45, 7) is 6.10. The molecule has 0 spiro atoms. The van der Waals surface area contributed by atoms with Gasteiger partial charge in [0.25, 0.3) is 0 Å². The summed E-state index contributed by atoms with van der Waals surface area (Å²) < 4.78 is 3.77. The van der Waals surface area contributed by atoms with Crippen LogP contribution in [0.25, 0.3) is 0 Å². The zero-order chi connectivity index (χ0) is 12.3. The second-order valence-electron chi connectivity index (χ2n) is 4.72. The molecule has 92 valence electrons. The van der Waals surface area contributed by atoms with Crippen LogP contribution in [0.5, 0.6) is 0 Å². The van der Waals surface area contributed by atoms with Crippen LogP contribution in [0.4, 0.5) is 5.69 Å². The Morgan fingerprint density at radius 1 is 1.24 bits per heavy atom. The van der Waals surface area contributed by atoms with Crippen LogP contribution in [0.2, 0.25) is 0 Å². The van der Waals surface area contributed by atoms with Gasteiger partial charge in [0.15, 0.2) is 0 Å². The highest BCUT2D eigenvalue weighted by atomic mass is 15.3. The summed E-state index contributed by atoms with van der Waals surface area (Å²) in [4.78, 5) is 0. The summed E-state index contributed by atoms with van der Waals surface area (Å²) in [5.41, 5.74) is 2.22. The van der Waals surface area contributed by atoms with Crippen LogP contribution in [-0.2, 0) is 20.1 Å². The summed E-state index contributed by atoms with van der Waals surface area (Å²) in [6, 6.07) is 0. The van der Waals surface area contributed by atoms with E-state index in [1.54, 1.807) is 4.68 Å². The minimum Gasteiger partial charge on any atom is -0.378 e. The lowest BCUT2D eigenvalue weighted by atomic mass is 10.2. The van der Waals surface area contributed by atoms with E-state index < -0.39 is 0 Å². The largest absolute Gasteiger partial charge is 0.378 e. The second-order valence-corrected chi connectivity index (χ2v) is 4.72. The fourth-order valence-electron chi connectivity index (χ4n) is 1.70. The van der Waals surface area contributed by atoms with Gasteiger partial charge < -0.3 is 5.32 Å². The van der Waals surface area contributed by atoms with Gasteiger partial charge >= 0.3 is 0 Å². The normalized spacial score (nSPS) is 11.1. The molecule has 0 amide bonds. The zero-order valence-electron chi connectivity index (χ0n) is 10.6. The molecule has 0 fully saturated rings. The topological polar surface area (TPSA) is 47.7 Å². The molecular weight excluding hydrogens is 214 g/mol. The van der Waals surface area contributed by atoms with Gasteiger partial charge in [0.1, 0.15) is 0 Å². The maximum atomic E-state index is 4.31. The van der Waals surface area contributed by atoms with E-state index in [-0.39, 0.29) is 0 Å². The average Bonchev–Trinajstić information content (AvgIpc) is 2.84. The number of rotatable bonds is 5. The van der Waals surface area contributed by atoms with Gasteiger partial charge in [-0.1, -0.05) is 13.8 Å². The molecule has 2 heterocycles. The van der Waals surface area contributed by atoms with E-state index in [0.717, 1.165) is 18.8 Å². The molecule has 0 aliphatic carbocycles. The predicted molar refractivity (Wildman–Crippen MR) is 67.6 cm³/mol. The molecule has 0 atom stereocenters. The minimum atomic E-state index is 0.612. The molecule has 0 bridgehead atoms. The lowest BCUT2D eigenvalue weighted by molar-refractivity contribution is 0.483. The molecule has 0 unspecified atom stereocenters. The van der Waals surface area contributed by atoms with Crippen LogP contribution in [0.1, 0.15) is 19.4 Å². The zero-order valence-corrected chi connectivity index (χ0v) is 10.6. The third-order valence-corrected chi connectivity index (χ3v) is 2.44. The van der Waals surface area contributed by atoms with Crippen molar-refractivity contribution in [1.82, 2.24) is 19.6 Å². The van der Waals surface area contributed by atoms with E-state index in [0.29, 0.717) is 5.92 Å². The lowest BCUT2D eigenvalue weighted by Crippen LogP contribution is -2.04. The monoisotopic (exact) mass is 233 g/mol. The van der Waals surface area contributed by atoms with E-state index in [1.165, 1.54) is 5.56 Å². The highest BCUT2D eigenvalue weighted by Gasteiger charge is 2.01. The molecule has 17 heavy (non-hydrogen) atoms. The molecule has 5 heteroatoms. The van der Waals surface area contributed by atoms with E-state index in [9.17, 15) is 0 Å². The Balaban J connectivity index is 1.89. The van der Waals surface area contributed by atoms with Crippen molar-refractivity contribution in [3.8, 4) is 0 Å². The fraction of sp³-hybridized carbons (Fsp3) is 0.500. The average molecular weight is 233 g/mol. The molecule has 2 aromatic heterocycles. The number of hydrogen-bond acceptors (Lipinski definition) is 3. The first kappa shape index (κ1) is 11.7. The molecule has 0 saturated carbocycles. The molecule has 0 aliphatic heterocycles. The Labute approximate surface area is 101 Å². The highest BCUT2D eigenvalue weighted by molar-refractivity contribution is 5.38. The van der Waals surface area contributed by atoms with E-state index >= 15 is 0 Å². The summed E-state index contributed by atoms with van der Waals surface area (Å²) in [5, 5.41) is 11.8. The van der Waals surface area contributed by atoms with Crippen LogP contribution in [-0.4, -0.2) is 19.6 Å². The van der Waals surface area contributed by atoms with Gasteiger partial charge in [-0.25, -0.2) is 0 Å². The Bertz CT molecular complexity index is 469. The van der Waals surface area contributed by atoms with Crippen LogP contribution in [0.3, 0.4) is 0 Å².